The second-order valence-electron chi connectivity index (χ2n) is 3.41. The first kappa shape index (κ1) is 13.5. The van der Waals surface area contributed by atoms with Crippen LogP contribution in [0.4, 0.5) is 8.78 Å². The summed E-state index contributed by atoms with van der Waals surface area (Å²) in [5.74, 6) is -0.846. The third kappa shape index (κ3) is 2.97. The summed E-state index contributed by atoms with van der Waals surface area (Å²) in [6, 6.07) is 1.45. The van der Waals surface area contributed by atoms with E-state index in [4.69, 9.17) is 10.5 Å². The predicted molar refractivity (Wildman–Crippen MR) is 57.8 cm³/mol. The highest BCUT2D eigenvalue weighted by Gasteiger charge is 2.24. The Kier molecular flexibility index (Phi) is 4.51. The van der Waals surface area contributed by atoms with Crippen molar-refractivity contribution in [3.05, 3.63) is 28.6 Å². The number of nitrogens with zero attached hydrogens (tertiary/aromatic N) is 1. The summed E-state index contributed by atoms with van der Waals surface area (Å²) in [7, 11) is 0. The molecule has 0 bridgehead atoms. The normalized spacial score (nSPS) is 10.7. The van der Waals surface area contributed by atoms with E-state index < -0.39 is 18.0 Å². The van der Waals surface area contributed by atoms with Crippen LogP contribution >= 0.6 is 0 Å². The first-order valence-corrected chi connectivity index (χ1v) is 5.17. The molecule has 0 radical (unpaired) electrons. The minimum absolute atomic E-state index is 0.0740. The Bertz CT molecular complexity index is 422. The third-order valence-electron chi connectivity index (χ3n) is 2.18. The topological polar surface area (TPSA) is 65.2 Å². The smallest absolute Gasteiger partial charge is 0.357 e. The zero-order valence-corrected chi connectivity index (χ0v) is 9.67. The lowest BCUT2D eigenvalue weighted by atomic mass is 10.1. The summed E-state index contributed by atoms with van der Waals surface area (Å²) in [6.45, 7) is 3.24. The molecule has 0 atom stereocenters. The van der Waals surface area contributed by atoms with Crippen LogP contribution in [0.3, 0.4) is 0 Å². The maximum absolute atomic E-state index is 12.9. The molecule has 1 heterocycles. The van der Waals surface area contributed by atoms with Crippen molar-refractivity contribution in [3.8, 4) is 0 Å². The summed E-state index contributed by atoms with van der Waals surface area (Å²) in [5, 5.41) is 0. The Morgan fingerprint density at radius 2 is 2.24 bits per heavy atom. The number of esters is 1. The van der Waals surface area contributed by atoms with Crippen molar-refractivity contribution in [3.63, 3.8) is 0 Å². The van der Waals surface area contributed by atoms with E-state index in [9.17, 15) is 13.6 Å². The molecule has 0 aliphatic rings. The minimum atomic E-state index is -2.80. The van der Waals surface area contributed by atoms with Crippen LogP contribution in [0, 0.1) is 6.92 Å². The zero-order valence-electron chi connectivity index (χ0n) is 9.67. The quantitative estimate of drug-likeness (QED) is 0.822. The lowest BCUT2D eigenvalue weighted by Gasteiger charge is -2.12. The number of hydrogen-bond donors (Lipinski definition) is 1. The fourth-order valence-electron chi connectivity index (χ4n) is 1.52. The molecule has 0 saturated carbocycles. The van der Waals surface area contributed by atoms with Crippen molar-refractivity contribution >= 4 is 5.97 Å². The van der Waals surface area contributed by atoms with Crippen molar-refractivity contribution in [2.45, 2.75) is 26.8 Å². The van der Waals surface area contributed by atoms with Crippen molar-refractivity contribution < 1.29 is 18.3 Å². The van der Waals surface area contributed by atoms with Crippen molar-refractivity contribution in [1.82, 2.24) is 4.98 Å². The zero-order chi connectivity index (χ0) is 13.0. The molecule has 0 fully saturated rings. The van der Waals surface area contributed by atoms with Crippen molar-refractivity contribution in [2.75, 3.05) is 6.61 Å². The predicted octanol–water partition coefficient (Wildman–Crippen LogP) is 1.96. The molecular weight excluding hydrogens is 230 g/mol. The van der Waals surface area contributed by atoms with Crippen molar-refractivity contribution in [1.29, 1.82) is 0 Å². The van der Waals surface area contributed by atoms with Crippen LogP contribution < -0.4 is 5.73 Å². The number of carbonyl (C=O) groups excluding carboxylic acids is 1. The Hall–Kier alpha value is -1.56. The summed E-state index contributed by atoms with van der Waals surface area (Å²) in [4.78, 5) is 15.3. The van der Waals surface area contributed by atoms with Crippen LogP contribution in [-0.2, 0) is 11.3 Å². The van der Waals surface area contributed by atoms with Gasteiger partial charge in [0.05, 0.1) is 12.2 Å². The maximum Gasteiger partial charge on any atom is 0.357 e. The number of alkyl halides is 2. The van der Waals surface area contributed by atoms with E-state index in [0.29, 0.717) is 5.69 Å². The number of aryl methyl sites for hydroxylation is 1. The third-order valence-corrected chi connectivity index (χ3v) is 2.18. The van der Waals surface area contributed by atoms with E-state index in [2.05, 4.69) is 4.98 Å². The molecule has 0 aliphatic heterocycles. The largest absolute Gasteiger partial charge is 0.461 e. The summed E-state index contributed by atoms with van der Waals surface area (Å²) in [6.07, 6.45) is -2.80. The SMILES string of the molecule is CCOC(=O)c1nc(C)cc(CN)c1C(F)F. The standard InChI is InChI=1S/C11H14F2N2O2/c1-3-17-11(16)9-8(10(12)13)7(5-14)4-6(2)15-9/h4,10H,3,5,14H2,1-2H3. The molecule has 4 nitrogen and oxygen atoms in total. The highest BCUT2D eigenvalue weighted by Crippen LogP contribution is 2.26. The molecule has 1 rings (SSSR count). The molecule has 94 valence electrons. The van der Waals surface area contributed by atoms with E-state index in [-0.39, 0.29) is 24.4 Å². The van der Waals surface area contributed by atoms with Gasteiger partial charge in [0, 0.05) is 12.2 Å². The van der Waals surface area contributed by atoms with E-state index in [1.54, 1.807) is 13.8 Å². The Balaban J connectivity index is 3.35. The lowest BCUT2D eigenvalue weighted by Crippen LogP contribution is -2.15. The lowest BCUT2D eigenvalue weighted by molar-refractivity contribution is 0.0507. The van der Waals surface area contributed by atoms with Crippen LogP contribution in [0.2, 0.25) is 0 Å². The molecule has 1 aromatic heterocycles. The van der Waals surface area contributed by atoms with Gasteiger partial charge in [-0.2, -0.15) is 0 Å². The number of carbonyl (C=O) groups is 1. The first-order valence-electron chi connectivity index (χ1n) is 5.17. The van der Waals surface area contributed by atoms with Gasteiger partial charge in [-0.3, -0.25) is 0 Å². The number of pyridine rings is 1. The average Bonchev–Trinajstić information content (AvgIpc) is 2.27. The van der Waals surface area contributed by atoms with Crippen LogP contribution in [0.15, 0.2) is 6.07 Å². The van der Waals surface area contributed by atoms with Crippen molar-refractivity contribution in [2.24, 2.45) is 5.73 Å². The van der Waals surface area contributed by atoms with Gasteiger partial charge in [0.1, 0.15) is 0 Å². The van der Waals surface area contributed by atoms with Crippen LogP contribution in [0.5, 0.6) is 0 Å². The maximum atomic E-state index is 12.9. The van der Waals surface area contributed by atoms with Gasteiger partial charge >= 0.3 is 5.97 Å². The second-order valence-corrected chi connectivity index (χ2v) is 3.41. The van der Waals surface area contributed by atoms with E-state index >= 15 is 0 Å². The second kappa shape index (κ2) is 5.67. The van der Waals surface area contributed by atoms with Gasteiger partial charge in [-0.1, -0.05) is 0 Å². The molecule has 17 heavy (non-hydrogen) atoms. The van der Waals surface area contributed by atoms with E-state index in [1.807, 2.05) is 0 Å². The minimum Gasteiger partial charge on any atom is -0.461 e. The molecule has 0 spiro atoms. The Labute approximate surface area is 97.8 Å². The van der Waals surface area contributed by atoms with E-state index in [0.717, 1.165) is 0 Å². The fraction of sp³-hybridized carbons (Fsp3) is 0.455. The number of aromatic nitrogens is 1. The van der Waals surface area contributed by atoms with Gasteiger partial charge in [0.25, 0.3) is 6.43 Å². The number of nitrogens with two attached hydrogens (primary N) is 1. The molecule has 0 unspecified atom stereocenters. The molecule has 1 aromatic rings. The number of ether oxygens (including phenoxy) is 1. The molecule has 0 aromatic carbocycles. The average molecular weight is 244 g/mol. The van der Waals surface area contributed by atoms with Gasteiger partial charge in [-0.25, -0.2) is 18.6 Å². The monoisotopic (exact) mass is 244 g/mol. The molecule has 0 saturated heterocycles. The van der Waals surface area contributed by atoms with Gasteiger partial charge in [0.15, 0.2) is 5.69 Å². The Morgan fingerprint density at radius 1 is 1.59 bits per heavy atom. The van der Waals surface area contributed by atoms with Gasteiger partial charge in [0.2, 0.25) is 0 Å². The molecule has 6 heteroatoms. The van der Waals surface area contributed by atoms with Gasteiger partial charge in [-0.15, -0.1) is 0 Å². The van der Waals surface area contributed by atoms with E-state index in [1.165, 1.54) is 6.07 Å². The number of hydrogen-bond acceptors (Lipinski definition) is 4. The van der Waals surface area contributed by atoms with Crippen LogP contribution in [0.1, 0.15) is 40.7 Å². The van der Waals surface area contributed by atoms with Gasteiger partial charge in [-0.05, 0) is 25.5 Å². The summed E-state index contributed by atoms with van der Waals surface area (Å²) >= 11 is 0. The first-order chi connectivity index (χ1) is 8.01. The Morgan fingerprint density at radius 3 is 2.71 bits per heavy atom. The summed E-state index contributed by atoms with van der Waals surface area (Å²) in [5.41, 5.74) is 5.28. The highest BCUT2D eigenvalue weighted by atomic mass is 19.3. The van der Waals surface area contributed by atoms with Crippen LogP contribution in [-0.4, -0.2) is 17.6 Å². The number of rotatable bonds is 4. The molecular formula is C11H14F2N2O2. The molecule has 2 N–H and O–H groups in total. The van der Waals surface area contributed by atoms with Crippen LogP contribution in [0.25, 0.3) is 0 Å². The van der Waals surface area contributed by atoms with Gasteiger partial charge < -0.3 is 10.5 Å². The fourth-order valence-corrected chi connectivity index (χ4v) is 1.52. The molecule has 0 amide bonds. The summed E-state index contributed by atoms with van der Waals surface area (Å²) < 4.78 is 30.5. The highest BCUT2D eigenvalue weighted by molar-refractivity contribution is 5.89. The number of halogens is 2. The molecule has 0 aliphatic carbocycles.